The highest BCUT2D eigenvalue weighted by molar-refractivity contribution is 5.80. The summed E-state index contributed by atoms with van der Waals surface area (Å²) in [5, 5.41) is 0. The lowest BCUT2D eigenvalue weighted by molar-refractivity contribution is -0.137. The number of benzene rings is 2. The molecule has 2 aliphatic rings. The number of halogens is 1. The van der Waals surface area contributed by atoms with E-state index in [1.165, 1.54) is 17.2 Å². The smallest absolute Gasteiger partial charge is 0.223 e. The van der Waals surface area contributed by atoms with Crippen molar-refractivity contribution in [3.05, 3.63) is 65.5 Å². The van der Waals surface area contributed by atoms with Crippen LogP contribution in [0.4, 0.5) is 10.1 Å². The standard InChI is InChI=1S/C26H32FN3O2/c1-26(2,18-25(32)30-12-11-20-7-3-4-8-21(20)19-30)17-24(31)29-15-13-28(14-16-29)23-10-6-5-9-22(23)27/h3-10H,11-19H2,1-2H3. The van der Waals surface area contributed by atoms with E-state index in [9.17, 15) is 14.0 Å². The van der Waals surface area contributed by atoms with Crippen LogP contribution >= 0.6 is 0 Å². The van der Waals surface area contributed by atoms with Gasteiger partial charge >= 0.3 is 0 Å². The van der Waals surface area contributed by atoms with E-state index in [1.807, 2.05) is 46.7 Å². The van der Waals surface area contributed by atoms with Crippen molar-refractivity contribution < 1.29 is 14.0 Å². The fourth-order valence-corrected chi connectivity index (χ4v) is 4.72. The summed E-state index contributed by atoms with van der Waals surface area (Å²) in [6.45, 7) is 7.74. The molecule has 2 amide bonds. The molecule has 0 aromatic heterocycles. The Morgan fingerprint density at radius 3 is 2.09 bits per heavy atom. The van der Waals surface area contributed by atoms with Crippen molar-refractivity contribution in [1.29, 1.82) is 0 Å². The first-order valence-electron chi connectivity index (χ1n) is 11.4. The van der Waals surface area contributed by atoms with Gasteiger partial charge in [-0.25, -0.2) is 4.39 Å². The molecule has 2 aromatic carbocycles. The number of carbonyl (C=O) groups is 2. The van der Waals surface area contributed by atoms with Crippen LogP contribution < -0.4 is 4.90 Å². The van der Waals surface area contributed by atoms with Crippen molar-refractivity contribution in [3.63, 3.8) is 0 Å². The van der Waals surface area contributed by atoms with E-state index in [0.29, 0.717) is 51.3 Å². The zero-order chi connectivity index (χ0) is 22.7. The molecule has 6 heteroatoms. The highest BCUT2D eigenvalue weighted by Gasteiger charge is 2.32. The number of amides is 2. The number of fused-ring (bicyclic) bond motifs is 1. The summed E-state index contributed by atoms with van der Waals surface area (Å²) in [6, 6.07) is 15.0. The van der Waals surface area contributed by atoms with Gasteiger partial charge in [0, 0.05) is 52.1 Å². The monoisotopic (exact) mass is 437 g/mol. The average Bonchev–Trinajstić information content (AvgIpc) is 2.78. The molecule has 1 fully saturated rings. The maximum atomic E-state index is 14.1. The molecule has 32 heavy (non-hydrogen) atoms. The van der Waals surface area contributed by atoms with Gasteiger partial charge < -0.3 is 14.7 Å². The summed E-state index contributed by atoms with van der Waals surface area (Å²) in [4.78, 5) is 31.7. The highest BCUT2D eigenvalue weighted by atomic mass is 19.1. The zero-order valence-corrected chi connectivity index (χ0v) is 19.0. The zero-order valence-electron chi connectivity index (χ0n) is 19.0. The van der Waals surface area contributed by atoms with Crippen molar-refractivity contribution in [1.82, 2.24) is 9.80 Å². The van der Waals surface area contributed by atoms with Crippen molar-refractivity contribution in [3.8, 4) is 0 Å². The minimum atomic E-state index is -0.409. The van der Waals surface area contributed by atoms with E-state index in [2.05, 4.69) is 12.1 Å². The number of piperazine rings is 1. The number of rotatable bonds is 5. The van der Waals surface area contributed by atoms with Gasteiger partial charge in [0.05, 0.1) is 5.69 Å². The molecule has 4 rings (SSSR count). The molecule has 0 spiro atoms. The lowest BCUT2D eigenvalue weighted by Crippen LogP contribution is -2.50. The van der Waals surface area contributed by atoms with Crippen LogP contribution in [0.1, 0.15) is 37.8 Å². The number of anilines is 1. The van der Waals surface area contributed by atoms with Crippen molar-refractivity contribution in [2.45, 2.75) is 39.7 Å². The lowest BCUT2D eigenvalue weighted by Gasteiger charge is -2.38. The molecule has 0 bridgehead atoms. The van der Waals surface area contributed by atoms with Gasteiger partial charge in [-0.1, -0.05) is 50.2 Å². The molecule has 0 unspecified atom stereocenters. The summed E-state index contributed by atoms with van der Waals surface area (Å²) < 4.78 is 14.1. The minimum absolute atomic E-state index is 0.0694. The van der Waals surface area contributed by atoms with E-state index in [0.717, 1.165) is 13.0 Å². The van der Waals surface area contributed by atoms with Crippen LogP contribution in [0.2, 0.25) is 0 Å². The van der Waals surface area contributed by atoms with Crippen LogP contribution in [0.25, 0.3) is 0 Å². The van der Waals surface area contributed by atoms with Gasteiger partial charge in [0.1, 0.15) is 5.82 Å². The van der Waals surface area contributed by atoms with Gasteiger partial charge in [-0.05, 0) is 35.1 Å². The number of hydrogen-bond acceptors (Lipinski definition) is 3. The van der Waals surface area contributed by atoms with Crippen LogP contribution in [0.3, 0.4) is 0 Å². The molecule has 1 saturated heterocycles. The predicted octanol–water partition coefficient (Wildman–Crippen LogP) is 3.87. The molecule has 0 radical (unpaired) electrons. The van der Waals surface area contributed by atoms with Gasteiger partial charge in [-0.15, -0.1) is 0 Å². The van der Waals surface area contributed by atoms with Gasteiger partial charge in [-0.3, -0.25) is 9.59 Å². The highest BCUT2D eigenvalue weighted by Crippen LogP contribution is 2.29. The SMILES string of the molecule is CC(C)(CC(=O)N1CCN(c2ccccc2F)CC1)CC(=O)N1CCc2ccccc2C1. The molecule has 5 nitrogen and oxygen atoms in total. The fourth-order valence-electron chi connectivity index (χ4n) is 4.72. The van der Waals surface area contributed by atoms with Gasteiger partial charge in [0.15, 0.2) is 0 Å². The van der Waals surface area contributed by atoms with E-state index in [1.54, 1.807) is 12.1 Å². The molecule has 0 atom stereocenters. The third kappa shape index (κ3) is 5.12. The van der Waals surface area contributed by atoms with Crippen LogP contribution in [-0.4, -0.2) is 54.3 Å². The second-order valence-electron chi connectivity index (χ2n) is 9.67. The van der Waals surface area contributed by atoms with Crippen molar-refractivity contribution in [2.24, 2.45) is 5.41 Å². The van der Waals surface area contributed by atoms with E-state index >= 15 is 0 Å². The number of nitrogens with zero attached hydrogens (tertiary/aromatic N) is 3. The Balaban J connectivity index is 1.28. The Morgan fingerprint density at radius 1 is 0.812 bits per heavy atom. The minimum Gasteiger partial charge on any atom is -0.366 e. The Bertz CT molecular complexity index is 983. The molecular formula is C26H32FN3O2. The van der Waals surface area contributed by atoms with E-state index in [4.69, 9.17) is 0 Å². The first-order chi connectivity index (χ1) is 15.3. The maximum absolute atomic E-state index is 14.1. The van der Waals surface area contributed by atoms with Crippen LogP contribution in [-0.2, 0) is 22.6 Å². The summed E-state index contributed by atoms with van der Waals surface area (Å²) in [5.41, 5.74) is 2.72. The molecule has 2 aliphatic heterocycles. The quantitative estimate of drug-likeness (QED) is 0.713. The maximum Gasteiger partial charge on any atom is 0.223 e. The van der Waals surface area contributed by atoms with Gasteiger partial charge in [-0.2, -0.15) is 0 Å². The van der Waals surface area contributed by atoms with E-state index < -0.39 is 5.41 Å². The predicted molar refractivity (Wildman–Crippen MR) is 124 cm³/mol. The van der Waals surface area contributed by atoms with Gasteiger partial charge in [0.2, 0.25) is 11.8 Å². The summed E-state index contributed by atoms with van der Waals surface area (Å²) >= 11 is 0. The number of hydrogen-bond donors (Lipinski definition) is 0. The molecule has 2 heterocycles. The summed E-state index contributed by atoms with van der Waals surface area (Å²) in [5.74, 6) is -0.0473. The lowest BCUT2D eigenvalue weighted by atomic mass is 9.84. The fraction of sp³-hybridized carbons (Fsp3) is 0.462. The van der Waals surface area contributed by atoms with Crippen LogP contribution in [0.5, 0.6) is 0 Å². The summed E-state index contributed by atoms with van der Waals surface area (Å²) in [6.07, 6.45) is 1.58. The molecule has 0 saturated carbocycles. The normalized spacial score (nSPS) is 16.7. The molecule has 170 valence electrons. The second kappa shape index (κ2) is 9.31. The topological polar surface area (TPSA) is 43.9 Å². The molecule has 2 aromatic rings. The first-order valence-corrected chi connectivity index (χ1v) is 11.4. The first kappa shape index (κ1) is 22.3. The largest absolute Gasteiger partial charge is 0.366 e. The summed E-state index contributed by atoms with van der Waals surface area (Å²) in [7, 11) is 0. The molecular weight excluding hydrogens is 405 g/mol. The van der Waals surface area contributed by atoms with E-state index in [-0.39, 0.29) is 17.6 Å². The Labute approximate surface area is 189 Å². The number of carbonyl (C=O) groups excluding carboxylic acids is 2. The Morgan fingerprint density at radius 2 is 1.41 bits per heavy atom. The number of para-hydroxylation sites is 1. The Hall–Kier alpha value is -2.89. The second-order valence-corrected chi connectivity index (χ2v) is 9.67. The van der Waals surface area contributed by atoms with Crippen LogP contribution in [0.15, 0.2) is 48.5 Å². The van der Waals surface area contributed by atoms with Crippen molar-refractivity contribution in [2.75, 3.05) is 37.6 Å². The van der Waals surface area contributed by atoms with Crippen molar-refractivity contribution >= 4 is 17.5 Å². The molecule has 0 aliphatic carbocycles. The average molecular weight is 438 g/mol. The molecule has 0 N–H and O–H groups in total. The van der Waals surface area contributed by atoms with Gasteiger partial charge in [0.25, 0.3) is 0 Å². The Kier molecular flexibility index (Phi) is 6.49. The van der Waals surface area contributed by atoms with Crippen LogP contribution in [0, 0.1) is 11.2 Å². The third-order valence-electron chi connectivity index (χ3n) is 6.57. The third-order valence-corrected chi connectivity index (χ3v) is 6.57.